The van der Waals surface area contributed by atoms with Crippen molar-refractivity contribution in [2.24, 2.45) is 0 Å². The van der Waals surface area contributed by atoms with Crippen LogP contribution in [0.15, 0.2) is 47.4 Å². The van der Waals surface area contributed by atoms with Crippen LogP contribution in [0, 0.1) is 11.3 Å². The molecule has 0 aromatic heterocycles. The highest BCUT2D eigenvalue weighted by atomic mass is 32.2. The van der Waals surface area contributed by atoms with Crippen molar-refractivity contribution in [2.45, 2.75) is 24.2 Å². The van der Waals surface area contributed by atoms with Crippen LogP contribution in [0.5, 0.6) is 5.75 Å². The molecule has 0 spiro atoms. The first-order valence-electron chi connectivity index (χ1n) is 9.40. The molecule has 1 amide bonds. The van der Waals surface area contributed by atoms with Crippen LogP contribution in [-0.4, -0.2) is 46.0 Å². The van der Waals surface area contributed by atoms with Crippen LogP contribution < -0.4 is 9.46 Å². The van der Waals surface area contributed by atoms with Crippen molar-refractivity contribution in [3.63, 3.8) is 0 Å². The number of nitrogens with one attached hydrogen (secondary N) is 1. The highest BCUT2D eigenvalue weighted by Crippen LogP contribution is 2.24. The van der Waals surface area contributed by atoms with Gasteiger partial charge in [-0.25, -0.2) is 13.1 Å². The van der Waals surface area contributed by atoms with E-state index < -0.39 is 10.0 Å². The molecule has 1 heterocycles. The molecule has 1 fully saturated rings. The van der Waals surface area contributed by atoms with Crippen molar-refractivity contribution < 1.29 is 17.9 Å². The lowest BCUT2D eigenvalue weighted by Gasteiger charge is -2.15. The molecule has 2 aromatic carbocycles. The van der Waals surface area contributed by atoms with Crippen molar-refractivity contribution in [3.05, 3.63) is 59.2 Å². The molecule has 2 aromatic rings. The van der Waals surface area contributed by atoms with Crippen LogP contribution in [0.1, 0.15) is 34.3 Å². The van der Waals surface area contributed by atoms with Gasteiger partial charge in [-0.2, -0.15) is 5.26 Å². The maximum absolute atomic E-state index is 12.6. The summed E-state index contributed by atoms with van der Waals surface area (Å²) in [6, 6.07) is 13.4. The molecular formula is C21H23N3O4S. The molecule has 1 saturated heterocycles. The van der Waals surface area contributed by atoms with Crippen molar-refractivity contribution in [1.29, 1.82) is 5.26 Å². The summed E-state index contributed by atoms with van der Waals surface area (Å²) in [7, 11) is -2.44. The largest absolute Gasteiger partial charge is 0.495 e. The summed E-state index contributed by atoms with van der Waals surface area (Å²) < 4.78 is 32.9. The van der Waals surface area contributed by atoms with E-state index in [1.54, 1.807) is 12.1 Å². The summed E-state index contributed by atoms with van der Waals surface area (Å²) in [6.45, 7) is 1.79. The van der Waals surface area contributed by atoms with E-state index in [9.17, 15) is 13.2 Å². The summed E-state index contributed by atoms with van der Waals surface area (Å²) in [5, 5.41) is 9.01. The second-order valence-electron chi connectivity index (χ2n) is 6.82. The Kier molecular flexibility index (Phi) is 6.52. The van der Waals surface area contributed by atoms with Gasteiger partial charge < -0.3 is 9.64 Å². The molecule has 1 N–H and O–H groups in total. The summed E-state index contributed by atoms with van der Waals surface area (Å²) >= 11 is 0. The van der Waals surface area contributed by atoms with Crippen molar-refractivity contribution in [1.82, 2.24) is 9.62 Å². The van der Waals surface area contributed by atoms with Crippen molar-refractivity contribution >= 4 is 15.9 Å². The zero-order valence-electron chi connectivity index (χ0n) is 16.2. The number of likely N-dealkylation sites (tertiary alicyclic amines) is 1. The molecule has 3 rings (SSSR count). The second-order valence-corrected chi connectivity index (χ2v) is 8.56. The SMILES string of the molecule is COc1ccc(C#N)cc1S(=O)(=O)NCCc1ccc(C(=O)N2CCCC2)cc1. The van der Waals surface area contributed by atoms with Crippen LogP contribution in [0.2, 0.25) is 0 Å². The number of carbonyl (C=O) groups excluding carboxylic acids is 1. The molecule has 0 unspecified atom stereocenters. The number of carbonyl (C=O) groups is 1. The molecule has 29 heavy (non-hydrogen) atoms. The summed E-state index contributed by atoms with van der Waals surface area (Å²) in [5.74, 6) is 0.223. The number of nitrogens with zero attached hydrogens (tertiary/aromatic N) is 2. The Balaban J connectivity index is 1.62. The zero-order valence-corrected chi connectivity index (χ0v) is 17.0. The van der Waals surface area contributed by atoms with E-state index in [1.165, 1.54) is 25.3 Å². The monoisotopic (exact) mass is 413 g/mol. The lowest BCUT2D eigenvalue weighted by atomic mass is 10.1. The van der Waals surface area contributed by atoms with Crippen LogP contribution in [0.3, 0.4) is 0 Å². The number of amides is 1. The molecule has 152 valence electrons. The van der Waals surface area contributed by atoms with E-state index in [0.29, 0.717) is 12.0 Å². The van der Waals surface area contributed by atoms with Gasteiger partial charge in [-0.3, -0.25) is 4.79 Å². The summed E-state index contributed by atoms with van der Waals surface area (Å²) in [4.78, 5) is 14.2. The van der Waals surface area contributed by atoms with Crippen molar-refractivity contribution in [3.8, 4) is 11.8 Å². The Bertz CT molecular complexity index is 1020. The predicted octanol–water partition coefficient (Wildman–Crippen LogP) is 2.32. The minimum atomic E-state index is -3.83. The number of rotatable bonds is 7. The molecule has 8 heteroatoms. The molecule has 0 radical (unpaired) electrons. The highest BCUT2D eigenvalue weighted by Gasteiger charge is 2.21. The fourth-order valence-corrected chi connectivity index (χ4v) is 4.51. The quantitative estimate of drug-likeness (QED) is 0.751. The maximum atomic E-state index is 12.6. The number of hydrogen-bond acceptors (Lipinski definition) is 5. The van der Waals surface area contributed by atoms with E-state index in [4.69, 9.17) is 10.00 Å². The van der Waals surface area contributed by atoms with E-state index in [0.717, 1.165) is 31.5 Å². The second kappa shape index (κ2) is 9.07. The molecule has 0 saturated carbocycles. The zero-order chi connectivity index (χ0) is 20.9. The van der Waals surface area contributed by atoms with Gasteiger partial charge in [-0.05, 0) is 55.2 Å². The van der Waals surface area contributed by atoms with Gasteiger partial charge in [0.1, 0.15) is 10.6 Å². The van der Waals surface area contributed by atoms with Gasteiger partial charge in [0.05, 0.1) is 18.7 Å². The Morgan fingerprint density at radius 2 is 1.86 bits per heavy atom. The van der Waals surface area contributed by atoms with Gasteiger partial charge in [0.15, 0.2) is 0 Å². The lowest BCUT2D eigenvalue weighted by molar-refractivity contribution is 0.0793. The minimum absolute atomic E-state index is 0.0409. The Hall–Kier alpha value is -2.89. The van der Waals surface area contributed by atoms with Gasteiger partial charge in [0.2, 0.25) is 10.0 Å². The molecule has 7 nitrogen and oxygen atoms in total. The number of nitriles is 1. The third-order valence-electron chi connectivity index (χ3n) is 4.88. The third-order valence-corrected chi connectivity index (χ3v) is 6.36. The normalized spacial score (nSPS) is 13.9. The van der Waals surface area contributed by atoms with Crippen LogP contribution in [0.25, 0.3) is 0 Å². The predicted molar refractivity (Wildman–Crippen MR) is 108 cm³/mol. The molecule has 0 atom stereocenters. The molecule has 0 aliphatic carbocycles. The van der Waals surface area contributed by atoms with E-state index in [-0.39, 0.29) is 28.7 Å². The number of sulfonamides is 1. The first-order valence-corrected chi connectivity index (χ1v) is 10.9. The summed E-state index contributed by atoms with van der Waals surface area (Å²) in [5.41, 5.74) is 1.81. The van der Waals surface area contributed by atoms with Gasteiger partial charge in [-0.1, -0.05) is 12.1 Å². The Morgan fingerprint density at radius 1 is 1.17 bits per heavy atom. The van der Waals surface area contributed by atoms with Crippen LogP contribution in [-0.2, 0) is 16.4 Å². The van der Waals surface area contributed by atoms with Gasteiger partial charge >= 0.3 is 0 Å². The number of benzene rings is 2. The van der Waals surface area contributed by atoms with Gasteiger partial charge in [0.25, 0.3) is 5.91 Å². The maximum Gasteiger partial charge on any atom is 0.253 e. The average molecular weight is 413 g/mol. The average Bonchev–Trinajstić information content (AvgIpc) is 3.28. The number of ether oxygens (including phenoxy) is 1. The number of hydrogen-bond donors (Lipinski definition) is 1. The Morgan fingerprint density at radius 3 is 2.48 bits per heavy atom. The first-order chi connectivity index (χ1) is 13.9. The number of methoxy groups -OCH3 is 1. The Labute approximate surface area is 171 Å². The van der Waals surface area contributed by atoms with E-state index in [1.807, 2.05) is 23.1 Å². The highest BCUT2D eigenvalue weighted by molar-refractivity contribution is 7.89. The minimum Gasteiger partial charge on any atom is -0.495 e. The third kappa shape index (κ3) is 4.94. The lowest BCUT2D eigenvalue weighted by Crippen LogP contribution is -2.27. The molecular weight excluding hydrogens is 390 g/mol. The summed E-state index contributed by atoms with van der Waals surface area (Å²) in [6.07, 6.45) is 2.57. The van der Waals surface area contributed by atoms with Crippen LogP contribution >= 0.6 is 0 Å². The topological polar surface area (TPSA) is 99.5 Å². The van der Waals surface area contributed by atoms with Gasteiger partial charge in [-0.15, -0.1) is 0 Å². The van der Waals surface area contributed by atoms with Gasteiger partial charge in [0, 0.05) is 25.2 Å². The fraction of sp³-hybridized carbons (Fsp3) is 0.333. The van der Waals surface area contributed by atoms with Crippen molar-refractivity contribution in [2.75, 3.05) is 26.7 Å². The first kappa shape index (κ1) is 20.8. The fourth-order valence-electron chi connectivity index (χ4n) is 3.28. The van der Waals surface area contributed by atoms with E-state index in [2.05, 4.69) is 4.72 Å². The van der Waals surface area contributed by atoms with E-state index >= 15 is 0 Å². The molecule has 0 bridgehead atoms. The molecule has 1 aliphatic heterocycles. The molecule has 1 aliphatic rings. The standard InChI is InChI=1S/C21H23N3O4S/c1-28-19-9-6-17(15-22)14-20(19)29(26,27)23-11-10-16-4-7-18(8-5-16)21(25)24-12-2-3-13-24/h4-9,14,23H,2-3,10-13H2,1H3. The van der Waals surface area contributed by atoms with Crippen LogP contribution in [0.4, 0.5) is 0 Å². The smallest absolute Gasteiger partial charge is 0.253 e.